The molecule has 1 atom stereocenters. The van der Waals surface area contributed by atoms with Crippen molar-refractivity contribution in [1.29, 1.82) is 0 Å². The monoisotopic (exact) mass is 331 g/mol. The van der Waals surface area contributed by atoms with Gasteiger partial charge in [0.05, 0.1) is 0 Å². The molecule has 0 aliphatic carbocycles. The van der Waals surface area contributed by atoms with Crippen LogP contribution in [0.3, 0.4) is 0 Å². The van der Waals surface area contributed by atoms with Crippen molar-refractivity contribution in [2.24, 2.45) is 18.0 Å². The second kappa shape index (κ2) is 7.37. The Balaban J connectivity index is 2.21. The molecule has 0 aliphatic heterocycles. The lowest BCUT2D eigenvalue weighted by atomic mass is 10.0. The van der Waals surface area contributed by atoms with E-state index in [9.17, 15) is 9.59 Å². The van der Waals surface area contributed by atoms with Crippen molar-refractivity contribution in [3.8, 4) is 0 Å². The van der Waals surface area contributed by atoms with E-state index in [0.29, 0.717) is 10.4 Å². The number of aryl methyl sites for hydroxylation is 2. The summed E-state index contributed by atoms with van der Waals surface area (Å²) in [4.78, 5) is 29.6. The average molecular weight is 331 g/mol. The molecule has 1 aromatic heterocycles. The first-order valence-corrected chi connectivity index (χ1v) is 8.32. The van der Waals surface area contributed by atoms with E-state index in [4.69, 9.17) is 0 Å². The minimum absolute atomic E-state index is 0.0507. The third kappa shape index (κ3) is 4.39. The van der Waals surface area contributed by atoms with E-state index in [1.54, 1.807) is 16.7 Å². The van der Waals surface area contributed by atoms with Gasteiger partial charge in [0.25, 0.3) is 11.8 Å². The highest BCUT2D eigenvalue weighted by Gasteiger charge is 2.24. The molecule has 1 N–H and O–H groups in total. The standard InChI is InChI=1S/C17H21N3O2S/c1-11(2)14(16(22)19-17-20(4)8-9-23-17)18-15(21)13-7-5-6-12(3)10-13/h5-11,14H,1-4H3,(H,18,21). The molecular formula is C17H21N3O2S. The quantitative estimate of drug-likeness (QED) is 0.934. The number of amides is 2. The third-order valence-corrected chi connectivity index (χ3v) is 4.31. The van der Waals surface area contributed by atoms with Crippen LogP contribution in [0.4, 0.5) is 0 Å². The van der Waals surface area contributed by atoms with Crippen LogP contribution in [-0.2, 0) is 11.8 Å². The summed E-state index contributed by atoms with van der Waals surface area (Å²) >= 11 is 1.39. The Morgan fingerprint density at radius 1 is 1.30 bits per heavy atom. The smallest absolute Gasteiger partial charge is 0.271 e. The summed E-state index contributed by atoms with van der Waals surface area (Å²) in [5.41, 5.74) is 1.55. The highest BCUT2D eigenvalue weighted by atomic mass is 32.1. The lowest BCUT2D eigenvalue weighted by Gasteiger charge is -2.19. The minimum Gasteiger partial charge on any atom is -0.340 e. The van der Waals surface area contributed by atoms with E-state index < -0.39 is 6.04 Å². The van der Waals surface area contributed by atoms with Crippen LogP contribution in [0.15, 0.2) is 40.8 Å². The fourth-order valence-corrected chi connectivity index (χ4v) is 2.86. The fourth-order valence-electron chi connectivity index (χ4n) is 2.12. The number of nitrogens with one attached hydrogen (secondary N) is 1. The summed E-state index contributed by atoms with van der Waals surface area (Å²) in [7, 11) is 1.83. The van der Waals surface area contributed by atoms with Gasteiger partial charge in [0, 0.05) is 24.2 Å². The maximum Gasteiger partial charge on any atom is 0.271 e. The number of carbonyl (C=O) groups excluding carboxylic acids is 2. The van der Waals surface area contributed by atoms with Crippen molar-refractivity contribution >= 4 is 23.2 Å². The van der Waals surface area contributed by atoms with Gasteiger partial charge in [-0.2, -0.15) is 4.99 Å². The Labute approximate surface area is 139 Å². The van der Waals surface area contributed by atoms with Crippen molar-refractivity contribution in [3.05, 3.63) is 51.8 Å². The van der Waals surface area contributed by atoms with Crippen LogP contribution >= 0.6 is 11.3 Å². The topological polar surface area (TPSA) is 63.5 Å². The fraction of sp³-hybridized carbons (Fsp3) is 0.353. The van der Waals surface area contributed by atoms with Gasteiger partial charge in [-0.1, -0.05) is 31.5 Å². The summed E-state index contributed by atoms with van der Waals surface area (Å²) in [6, 6.07) is 6.64. The Kier molecular flexibility index (Phi) is 5.50. The molecule has 2 amide bonds. The second-order valence-corrected chi connectivity index (χ2v) is 6.68. The molecule has 0 fully saturated rings. The Hall–Kier alpha value is -2.21. The summed E-state index contributed by atoms with van der Waals surface area (Å²) < 4.78 is 1.78. The molecule has 0 saturated carbocycles. The molecule has 1 aromatic carbocycles. The average Bonchev–Trinajstić information content (AvgIpc) is 2.89. The van der Waals surface area contributed by atoms with E-state index in [1.165, 1.54) is 11.3 Å². The van der Waals surface area contributed by atoms with Crippen molar-refractivity contribution in [2.45, 2.75) is 26.8 Å². The van der Waals surface area contributed by atoms with Crippen LogP contribution < -0.4 is 10.1 Å². The van der Waals surface area contributed by atoms with Gasteiger partial charge >= 0.3 is 0 Å². The van der Waals surface area contributed by atoms with Crippen LogP contribution in [0.5, 0.6) is 0 Å². The lowest BCUT2D eigenvalue weighted by molar-refractivity contribution is -0.120. The Morgan fingerprint density at radius 3 is 2.61 bits per heavy atom. The predicted octanol–water partition coefficient (Wildman–Crippen LogP) is 2.28. The molecular weight excluding hydrogens is 310 g/mol. The summed E-state index contributed by atoms with van der Waals surface area (Å²) in [6.07, 6.45) is 1.84. The highest BCUT2D eigenvalue weighted by Crippen LogP contribution is 2.08. The SMILES string of the molecule is Cc1cccc(C(=O)NC(C(=O)N=c2sccn2C)C(C)C)c1. The van der Waals surface area contributed by atoms with E-state index in [-0.39, 0.29) is 17.7 Å². The van der Waals surface area contributed by atoms with Gasteiger partial charge in [-0.15, -0.1) is 11.3 Å². The molecule has 1 unspecified atom stereocenters. The van der Waals surface area contributed by atoms with Crippen molar-refractivity contribution in [1.82, 2.24) is 9.88 Å². The maximum atomic E-state index is 12.4. The van der Waals surface area contributed by atoms with Crippen molar-refractivity contribution in [2.75, 3.05) is 0 Å². The predicted molar refractivity (Wildman–Crippen MR) is 91.1 cm³/mol. The van der Waals surface area contributed by atoms with Crippen LogP contribution in [0.2, 0.25) is 0 Å². The molecule has 0 bridgehead atoms. The normalized spacial score (nSPS) is 13.2. The van der Waals surface area contributed by atoms with E-state index in [0.717, 1.165) is 5.56 Å². The Morgan fingerprint density at radius 2 is 2.04 bits per heavy atom. The summed E-state index contributed by atoms with van der Waals surface area (Å²) in [5, 5.41) is 4.67. The highest BCUT2D eigenvalue weighted by molar-refractivity contribution is 7.07. The molecule has 6 heteroatoms. The number of nitrogens with zero attached hydrogens (tertiary/aromatic N) is 2. The third-order valence-electron chi connectivity index (χ3n) is 3.47. The first-order valence-electron chi connectivity index (χ1n) is 7.44. The zero-order chi connectivity index (χ0) is 17.0. The van der Waals surface area contributed by atoms with Gasteiger partial charge < -0.3 is 9.88 Å². The van der Waals surface area contributed by atoms with Gasteiger partial charge in [0.1, 0.15) is 6.04 Å². The van der Waals surface area contributed by atoms with Gasteiger partial charge in [-0.25, -0.2) is 0 Å². The molecule has 0 radical (unpaired) electrons. The number of thiazole rings is 1. The van der Waals surface area contributed by atoms with E-state index >= 15 is 0 Å². The first kappa shape index (κ1) is 17.1. The molecule has 122 valence electrons. The number of carbonyl (C=O) groups is 2. The maximum absolute atomic E-state index is 12.4. The molecule has 0 saturated heterocycles. The van der Waals surface area contributed by atoms with Crippen LogP contribution in [0, 0.1) is 12.8 Å². The molecule has 2 rings (SSSR count). The lowest BCUT2D eigenvalue weighted by Crippen LogP contribution is -2.44. The Bertz CT molecular complexity index is 774. The van der Waals surface area contributed by atoms with Gasteiger partial charge in [-0.3, -0.25) is 9.59 Å². The molecule has 23 heavy (non-hydrogen) atoms. The molecule has 0 spiro atoms. The summed E-state index contributed by atoms with van der Waals surface area (Å²) in [6.45, 7) is 5.71. The van der Waals surface area contributed by atoms with E-state index in [2.05, 4.69) is 10.3 Å². The second-order valence-electron chi connectivity index (χ2n) is 5.81. The molecule has 1 heterocycles. The van der Waals surface area contributed by atoms with Crippen molar-refractivity contribution in [3.63, 3.8) is 0 Å². The van der Waals surface area contributed by atoms with Crippen molar-refractivity contribution < 1.29 is 9.59 Å². The van der Waals surface area contributed by atoms with Crippen LogP contribution in [0.1, 0.15) is 29.8 Å². The number of benzene rings is 1. The molecule has 0 aliphatic rings. The summed E-state index contributed by atoms with van der Waals surface area (Å²) in [5.74, 6) is -0.643. The zero-order valence-electron chi connectivity index (χ0n) is 13.7. The van der Waals surface area contributed by atoms with Gasteiger partial charge in [0.2, 0.25) is 0 Å². The van der Waals surface area contributed by atoms with Gasteiger partial charge in [-0.05, 0) is 25.0 Å². The number of rotatable bonds is 4. The van der Waals surface area contributed by atoms with Crippen LogP contribution in [0.25, 0.3) is 0 Å². The number of hydrogen-bond acceptors (Lipinski definition) is 3. The molecule has 2 aromatic rings. The zero-order valence-corrected chi connectivity index (χ0v) is 14.6. The van der Waals surface area contributed by atoms with Gasteiger partial charge in [0.15, 0.2) is 4.80 Å². The number of hydrogen-bond donors (Lipinski definition) is 1. The van der Waals surface area contributed by atoms with E-state index in [1.807, 2.05) is 51.5 Å². The first-order chi connectivity index (χ1) is 10.9. The molecule has 5 nitrogen and oxygen atoms in total. The largest absolute Gasteiger partial charge is 0.340 e. The minimum atomic E-state index is -0.648. The van der Waals surface area contributed by atoms with Crippen LogP contribution in [-0.4, -0.2) is 22.4 Å². The number of aromatic nitrogens is 1.